The zero-order valence-electron chi connectivity index (χ0n) is 7.15. The van der Waals surface area contributed by atoms with Crippen molar-refractivity contribution in [2.45, 2.75) is 19.9 Å². The Bertz CT molecular complexity index is 313. The van der Waals surface area contributed by atoms with Crippen molar-refractivity contribution < 1.29 is 8.78 Å². The molecule has 0 saturated carbocycles. The Morgan fingerprint density at radius 1 is 1.46 bits per heavy atom. The van der Waals surface area contributed by atoms with Gasteiger partial charge in [0.2, 0.25) is 0 Å². The second-order valence-corrected chi connectivity index (χ2v) is 3.23. The van der Waals surface area contributed by atoms with Crippen LogP contribution in [-0.2, 0) is 6.54 Å². The lowest BCUT2D eigenvalue weighted by Crippen LogP contribution is -2.03. The van der Waals surface area contributed by atoms with Gasteiger partial charge in [0.05, 0.1) is 0 Å². The lowest BCUT2D eigenvalue weighted by molar-refractivity contribution is 0.150. The Balaban J connectivity index is 3.29. The maximum absolute atomic E-state index is 12.5. The van der Waals surface area contributed by atoms with Crippen molar-refractivity contribution in [3.05, 3.63) is 33.8 Å². The molecule has 0 unspecified atom stereocenters. The molecule has 72 valence electrons. The van der Waals surface area contributed by atoms with Crippen LogP contribution in [0.1, 0.15) is 23.1 Å². The van der Waals surface area contributed by atoms with Gasteiger partial charge in [0.25, 0.3) is 6.43 Å². The highest BCUT2D eigenvalue weighted by atomic mass is 35.5. The Labute approximate surface area is 80.5 Å². The highest BCUT2D eigenvalue weighted by Crippen LogP contribution is 2.29. The fraction of sp³-hybridized carbons (Fsp3) is 0.333. The molecule has 0 aliphatic carbocycles. The lowest BCUT2D eigenvalue weighted by Gasteiger charge is -2.09. The molecule has 0 atom stereocenters. The molecular formula is C9H10ClF2N. The van der Waals surface area contributed by atoms with Crippen LogP contribution in [0, 0.1) is 6.92 Å². The van der Waals surface area contributed by atoms with Gasteiger partial charge in [-0.1, -0.05) is 11.6 Å². The first-order chi connectivity index (χ1) is 6.06. The molecule has 1 rings (SSSR count). The van der Waals surface area contributed by atoms with Gasteiger partial charge >= 0.3 is 0 Å². The van der Waals surface area contributed by atoms with Gasteiger partial charge in [0.15, 0.2) is 0 Å². The molecule has 0 spiro atoms. The van der Waals surface area contributed by atoms with Gasteiger partial charge in [0.1, 0.15) is 0 Å². The van der Waals surface area contributed by atoms with E-state index in [1.165, 1.54) is 6.07 Å². The average molecular weight is 206 g/mol. The van der Waals surface area contributed by atoms with Crippen LogP contribution in [0.3, 0.4) is 0 Å². The second kappa shape index (κ2) is 4.03. The minimum absolute atomic E-state index is 0.0405. The van der Waals surface area contributed by atoms with E-state index in [1.54, 1.807) is 13.0 Å². The fourth-order valence-electron chi connectivity index (χ4n) is 1.21. The molecule has 0 amide bonds. The summed E-state index contributed by atoms with van der Waals surface area (Å²) >= 11 is 5.77. The van der Waals surface area contributed by atoms with Crippen molar-refractivity contribution >= 4 is 11.6 Å². The highest BCUT2D eigenvalue weighted by Gasteiger charge is 2.14. The van der Waals surface area contributed by atoms with Gasteiger partial charge in [-0.2, -0.15) is 0 Å². The first-order valence-electron chi connectivity index (χ1n) is 3.83. The van der Waals surface area contributed by atoms with Gasteiger partial charge < -0.3 is 5.73 Å². The first-order valence-corrected chi connectivity index (χ1v) is 4.21. The third-order valence-corrected chi connectivity index (χ3v) is 2.15. The standard InChI is InChI=1S/C9H10ClF2N/c1-5-2-6(9(11)12)7(4-13)8(10)3-5/h2-3,9H,4,13H2,1H3. The van der Waals surface area contributed by atoms with Gasteiger partial charge in [-0.05, 0) is 30.2 Å². The summed E-state index contributed by atoms with van der Waals surface area (Å²) in [5.41, 5.74) is 6.31. The van der Waals surface area contributed by atoms with Crippen LogP contribution in [0.5, 0.6) is 0 Å². The van der Waals surface area contributed by atoms with Gasteiger partial charge in [-0.25, -0.2) is 8.78 Å². The van der Waals surface area contributed by atoms with Crippen molar-refractivity contribution in [1.82, 2.24) is 0 Å². The summed E-state index contributed by atoms with van der Waals surface area (Å²) in [7, 11) is 0. The average Bonchev–Trinajstić information content (AvgIpc) is 2.02. The van der Waals surface area contributed by atoms with Crippen molar-refractivity contribution in [2.75, 3.05) is 0 Å². The summed E-state index contributed by atoms with van der Waals surface area (Å²) in [6.07, 6.45) is -2.52. The van der Waals surface area contributed by atoms with Gasteiger partial charge in [-0.15, -0.1) is 0 Å². The molecule has 2 N–H and O–H groups in total. The van der Waals surface area contributed by atoms with Gasteiger partial charge in [0, 0.05) is 17.1 Å². The smallest absolute Gasteiger partial charge is 0.264 e. The molecule has 0 heterocycles. The quantitative estimate of drug-likeness (QED) is 0.789. The third kappa shape index (κ3) is 2.17. The lowest BCUT2D eigenvalue weighted by atomic mass is 10.0. The summed E-state index contributed by atoms with van der Waals surface area (Å²) in [6, 6.07) is 3.05. The molecule has 0 bridgehead atoms. The summed E-state index contributed by atoms with van der Waals surface area (Å²) < 4.78 is 24.9. The largest absolute Gasteiger partial charge is 0.326 e. The van der Waals surface area contributed by atoms with E-state index in [0.717, 1.165) is 5.56 Å². The minimum Gasteiger partial charge on any atom is -0.326 e. The molecule has 1 aromatic carbocycles. The van der Waals surface area contributed by atoms with Crippen LogP contribution in [-0.4, -0.2) is 0 Å². The number of nitrogens with two attached hydrogens (primary N) is 1. The van der Waals surface area contributed by atoms with E-state index in [2.05, 4.69) is 0 Å². The predicted octanol–water partition coefficient (Wildman–Crippen LogP) is 3.04. The number of benzene rings is 1. The van der Waals surface area contributed by atoms with E-state index in [0.29, 0.717) is 10.6 Å². The van der Waals surface area contributed by atoms with Crippen LogP contribution < -0.4 is 5.73 Å². The molecular weight excluding hydrogens is 196 g/mol. The van der Waals surface area contributed by atoms with Crippen LogP contribution in [0.4, 0.5) is 8.78 Å². The molecule has 1 nitrogen and oxygen atoms in total. The Kier molecular flexibility index (Phi) is 3.22. The van der Waals surface area contributed by atoms with E-state index in [1.807, 2.05) is 0 Å². The van der Waals surface area contributed by atoms with Crippen molar-refractivity contribution in [1.29, 1.82) is 0 Å². The van der Waals surface area contributed by atoms with Gasteiger partial charge in [-0.3, -0.25) is 0 Å². The van der Waals surface area contributed by atoms with E-state index < -0.39 is 6.43 Å². The van der Waals surface area contributed by atoms with E-state index in [4.69, 9.17) is 17.3 Å². The van der Waals surface area contributed by atoms with Crippen molar-refractivity contribution in [3.8, 4) is 0 Å². The zero-order chi connectivity index (χ0) is 10.0. The molecule has 0 aliphatic heterocycles. The Morgan fingerprint density at radius 2 is 2.08 bits per heavy atom. The van der Waals surface area contributed by atoms with Crippen molar-refractivity contribution in [3.63, 3.8) is 0 Å². The summed E-state index contributed by atoms with van der Waals surface area (Å²) in [5.74, 6) is 0. The number of hydrogen-bond donors (Lipinski definition) is 1. The molecule has 0 radical (unpaired) electrons. The van der Waals surface area contributed by atoms with Crippen LogP contribution in [0.25, 0.3) is 0 Å². The van der Waals surface area contributed by atoms with E-state index >= 15 is 0 Å². The normalized spacial score (nSPS) is 10.9. The number of rotatable bonds is 2. The monoisotopic (exact) mass is 205 g/mol. The fourth-order valence-corrected chi connectivity index (χ4v) is 1.57. The molecule has 13 heavy (non-hydrogen) atoms. The summed E-state index contributed by atoms with van der Waals surface area (Å²) in [5, 5.41) is 0.317. The first kappa shape index (κ1) is 10.4. The topological polar surface area (TPSA) is 26.0 Å². The summed E-state index contributed by atoms with van der Waals surface area (Å²) in [6.45, 7) is 1.76. The molecule has 4 heteroatoms. The number of aryl methyl sites for hydroxylation is 1. The highest BCUT2D eigenvalue weighted by molar-refractivity contribution is 6.31. The molecule has 0 fully saturated rings. The Morgan fingerprint density at radius 3 is 2.54 bits per heavy atom. The van der Waals surface area contributed by atoms with E-state index in [-0.39, 0.29) is 12.1 Å². The van der Waals surface area contributed by atoms with Crippen LogP contribution >= 0.6 is 11.6 Å². The number of hydrogen-bond acceptors (Lipinski definition) is 1. The maximum Gasteiger partial charge on any atom is 0.264 e. The Hall–Kier alpha value is -0.670. The zero-order valence-corrected chi connectivity index (χ0v) is 7.91. The predicted molar refractivity (Wildman–Crippen MR) is 49.0 cm³/mol. The molecule has 0 saturated heterocycles. The maximum atomic E-state index is 12.5. The SMILES string of the molecule is Cc1cc(Cl)c(CN)c(C(F)F)c1. The van der Waals surface area contributed by atoms with Crippen LogP contribution in [0.2, 0.25) is 5.02 Å². The minimum atomic E-state index is -2.52. The molecule has 1 aromatic rings. The molecule has 0 aromatic heterocycles. The van der Waals surface area contributed by atoms with E-state index in [9.17, 15) is 8.78 Å². The van der Waals surface area contributed by atoms with Crippen LogP contribution in [0.15, 0.2) is 12.1 Å². The second-order valence-electron chi connectivity index (χ2n) is 2.82. The molecule has 0 aliphatic rings. The number of halogens is 3. The van der Waals surface area contributed by atoms with Crippen molar-refractivity contribution in [2.24, 2.45) is 5.73 Å². The summed E-state index contributed by atoms with van der Waals surface area (Å²) in [4.78, 5) is 0. The number of alkyl halides is 2. The third-order valence-electron chi connectivity index (χ3n) is 1.81.